The zero-order valence-corrected chi connectivity index (χ0v) is 30.7. The number of nitrogens with zero attached hydrogens (tertiary/aromatic N) is 2. The molecule has 0 atom stereocenters. The summed E-state index contributed by atoms with van der Waals surface area (Å²) in [6.07, 6.45) is 0. The standard InChI is InChI=1S/C52H34N2S/c1-3-16-36(17-4-1)44-34-37(40-25-13-19-35-18-7-8-22-39(35)40)32-33-46(44)54(49-30-14-26-42-41-23-10-12-31-50(41)55-52(42)49)48-29-15-28-47-51(48)43-24-9-11-27-45(43)53(47)38-20-5-2-6-21-38/h1-34H. The van der Waals surface area contributed by atoms with Crippen molar-refractivity contribution in [1.82, 2.24) is 4.57 Å². The van der Waals surface area contributed by atoms with Gasteiger partial charge in [0.05, 0.1) is 32.8 Å². The average Bonchev–Trinajstić information content (AvgIpc) is 3.81. The number of rotatable bonds is 6. The molecule has 9 aromatic carbocycles. The van der Waals surface area contributed by atoms with Crippen molar-refractivity contribution in [3.63, 3.8) is 0 Å². The molecule has 11 rings (SSSR count). The van der Waals surface area contributed by atoms with Gasteiger partial charge in [-0.1, -0.05) is 152 Å². The van der Waals surface area contributed by atoms with E-state index in [-0.39, 0.29) is 0 Å². The second kappa shape index (κ2) is 12.9. The summed E-state index contributed by atoms with van der Waals surface area (Å²) in [5, 5.41) is 7.50. The Morgan fingerprint density at radius 2 is 1.02 bits per heavy atom. The predicted molar refractivity (Wildman–Crippen MR) is 237 cm³/mol. The number of anilines is 3. The van der Waals surface area contributed by atoms with Gasteiger partial charge in [0.25, 0.3) is 0 Å². The summed E-state index contributed by atoms with van der Waals surface area (Å²) in [5.41, 5.74) is 11.7. The Bertz CT molecular complexity index is 3200. The molecule has 0 N–H and O–H groups in total. The van der Waals surface area contributed by atoms with Crippen molar-refractivity contribution in [1.29, 1.82) is 0 Å². The average molecular weight is 719 g/mol. The molecule has 55 heavy (non-hydrogen) atoms. The van der Waals surface area contributed by atoms with E-state index in [1.54, 1.807) is 0 Å². The van der Waals surface area contributed by atoms with Gasteiger partial charge in [-0.15, -0.1) is 11.3 Å². The first-order valence-corrected chi connectivity index (χ1v) is 19.6. The normalized spacial score (nSPS) is 11.6. The summed E-state index contributed by atoms with van der Waals surface area (Å²) in [6, 6.07) is 75.2. The van der Waals surface area contributed by atoms with Crippen LogP contribution < -0.4 is 4.90 Å². The summed E-state index contributed by atoms with van der Waals surface area (Å²) in [6.45, 7) is 0. The Balaban J connectivity index is 1.26. The van der Waals surface area contributed by atoms with Crippen molar-refractivity contribution < 1.29 is 0 Å². The molecule has 3 heteroatoms. The van der Waals surface area contributed by atoms with Gasteiger partial charge in [0.1, 0.15) is 0 Å². The largest absolute Gasteiger partial charge is 0.309 e. The van der Waals surface area contributed by atoms with Crippen LogP contribution in [0.15, 0.2) is 206 Å². The lowest BCUT2D eigenvalue weighted by Gasteiger charge is -2.30. The molecule has 258 valence electrons. The Morgan fingerprint density at radius 3 is 1.89 bits per heavy atom. The maximum atomic E-state index is 2.54. The molecule has 0 radical (unpaired) electrons. The van der Waals surface area contributed by atoms with Gasteiger partial charge in [0.2, 0.25) is 0 Å². The lowest BCUT2D eigenvalue weighted by molar-refractivity contribution is 1.18. The Hall–Kier alpha value is -6.94. The van der Waals surface area contributed by atoms with Crippen LogP contribution in [0.25, 0.3) is 80.7 Å². The van der Waals surface area contributed by atoms with Gasteiger partial charge < -0.3 is 9.47 Å². The summed E-state index contributed by atoms with van der Waals surface area (Å²) in [4.78, 5) is 2.54. The molecule has 0 aliphatic heterocycles. The molecule has 0 aliphatic carbocycles. The number of aromatic nitrogens is 1. The molecular formula is C52H34N2S. The number of hydrogen-bond acceptors (Lipinski definition) is 2. The van der Waals surface area contributed by atoms with Crippen molar-refractivity contribution in [2.45, 2.75) is 0 Å². The molecule has 0 saturated carbocycles. The van der Waals surface area contributed by atoms with E-state index < -0.39 is 0 Å². The van der Waals surface area contributed by atoms with Crippen LogP contribution in [0.4, 0.5) is 17.1 Å². The fourth-order valence-electron chi connectivity index (χ4n) is 8.56. The van der Waals surface area contributed by atoms with E-state index in [1.165, 1.54) is 75.0 Å². The summed E-state index contributed by atoms with van der Waals surface area (Å²) in [7, 11) is 0. The first-order valence-electron chi connectivity index (χ1n) is 18.8. The quantitative estimate of drug-likeness (QED) is 0.166. The Labute approximate surface area is 323 Å². The maximum absolute atomic E-state index is 2.54. The van der Waals surface area contributed by atoms with E-state index in [9.17, 15) is 0 Å². The highest BCUT2D eigenvalue weighted by Gasteiger charge is 2.25. The van der Waals surface area contributed by atoms with Crippen molar-refractivity contribution in [2.75, 3.05) is 4.90 Å². The highest BCUT2D eigenvalue weighted by atomic mass is 32.1. The van der Waals surface area contributed by atoms with E-state index >= 15 is 0 Å². The predicted octanol–water partition coefficient (Wildman–Crippen LogP) is 15.1. The van der Waals surface area contributed by atoms with Crippen molar-refractivity contribution in [3.05, 3.63) is 206 Å². The minimum Gasteiger partial charge on any atom is -0.309 e. The molecule has 0 fully saturated rings. The van der Waals surface area contributed by atoms with Gasteiger partial charge >= 0.3 is 0 Å². The van der Waals surface area contributed by atoms with Crippen LogP contribution in [-0.2, 0) is 0 Å². The van der Waals surface area contributed by atoms with Gasteiger partial charge in [-0.2, -0.15) is 0 Å². The minimum atomic E-state index is 1.13. The Morgan fingerprint density at radius 1 is 0.382 bits per heavy atom. The molecule has 2 aromatic heterocycles. The van der Waals surface area contributed by atoms with Crippen LogP contribution in [0.5, 0.6) is 0 Å². The highest BCUT2D eigenvalue weighted by Crippen LogP contribution is 2.51. The smallest absolute Gasteiger partial charge is 0.0640 e. The molecule has 2 nitrogen and oxygen atoms in total. The number of thiophene rings is 1. The van der Waals surface area contributed by atoms with E-state index in [1.807, 2.05) is 11.3 Å². The highest BCUT2D eigenvalue weighted by molar-refractivity contribution is 7.26. The number of hydrogen-bond donors (Lipinski definition) is 0. The topological polar surface area (TPSA) is 8.17 Å². The molecule has 0 bridgehead atoms. The molecule has 0 unspecified atom stereocenters. The summed E-state index contributed by atoms with van der Waals surface area (Å²) in [5.74, 6) is 0. The van der Waals surface area contributed by atoms with Crippen molar-refractivity contribution >= 4 is 81.1 Å². The molecule has 11 aromatic rings. The van der Waals surface area contributed by atoms with Crippen LogP contribution in [0.3, 0.4) is 0 Å². The van der Waals surface area contributed by atoms with E-state index in [4.69, 9.17) is 0 Å². The summed E-state index contributed by atoms with van der Waals surface area (Å²) >= 11 is 1.87. The molecule has 0 saturated heterocycles. The van der Waals surface area contributed by atoms with Crippen molar-refractivity contribution in [3.8, 4) is 27.9 Å². The first kappa shape index (κ1) is 31.6. The van der Waals surface area contributed by atoms with E-state index in [0.29, 0.717) is 0 Å². The van der Waals surface area contributed by atoms with Crippen LogP contribution in [0, 0.1) is 0 Å². The number of benzene rings is 9. The molecular weight excluding hydrogens is 685 g/mol. The monoisotopic (exact) mass is 718 g/mol. The SMILES string of the molecule is c1ccc(-c2cc(-c3cccc4ccccc34)ccc2N(c2cccc3c2sc2ccccc23)c2cccc3c2c2ccccc2n3-c2ccccc2)cc1. The number of fused-ring (bicyclic) bond motifs is 7. The van der Waals surface area contributed by atoms with Gasteiger partial charge in [-0.05, 0) is 82.1 Å². The molecule has 0 spiro atoms. The van der Waals surface area contributed by atoms with Gasteiger partial charge in [-0.3, -0.25) is 0 Å². The van der Waals surface area contributed by atoms with Gasteiger partial charge in [-0.25, -0.2) is 0 Å². The molecule has 0 amide bonds. The zero-order chi connectivity index (χ0) is 36.3. The molecule has 2 heterocycles. The third-order valence-electron chi connectivity index (χ3n) is 11.0. The van der Waals surface area contributed by atoms with Crippen molar-refractivity contribution in [2.24, 2.45) is 0 Å². The fourth-order valence-corrected chi connectivity index (χ4v) is 9.77. The van der Waals surface area contributed by atoms with Crippen LogP contribution in [-0.4, -0.2) is 4.57 Å². The van der Waals surface area contributed by atoms with Crippen LogP contribution in [0.1, 0.15) is 0 Å². The van der Waals surface area contributed by atoms with E-state index in [2.05, 4.69) is 216 Å². The third-order valence-corrected chi connectivity index (χ3v) is 12.2. The maximum Gasteiger partial charge on any atom is 0.0640 e. The second-order valence-electron chi connectivity index (χ2n) is 14.1. The number of para-hydroxylation sites is 2. The van der Waals surface area contributed by atoms with Gasteiger partial charge in [0.15, 0.2) is 0 Å². The van der Waals surface area contributed by atoms with Crippen LogP contribution >= 0.6 is 11.3 Å². The summed E-state index contributed by atoms with van der Waals surface area (Å²) < 4.78 is 4.97. The fraction of sp³-hybridized carbons (Fsp3) is 0. The first-order chi connectivity index (χ1) is 27.3. The van der Waals surface area contributed by atoms with Gasteiger partial charge in [0, 0.05) is 37.5 Å². The third kappa shape index (κ3) is 5.09. The van der Waals surface area contributed by atoms with E-state index in [0.717, 1.165) is 22.7 Å². The lowest BCUT2D eigenvalue weighted by atomic mass is 9.93. The Kier molecular flexibility index (Phi) is 7.39. The zero-order valence-electron chi connectivity index (χ0n) is 29.9. The minimum absolute atomic E-state index is 1.13. The van der Waals surface area contributed by atoms with Crippen LogP contribution in [0.2, 0.25) is 0 Å². The second-order valence-corrected chi connectivity index (χ2v) is 15.1. The molecule has 0 aliphatic rings. The lowest BCUT2D eigenvalue weighted by Crippen LogP contribution is -2.12.